The number of amides is 2. The van der Waals surface area contributed by atoms with Gasteiger partial charge in [0.05, 0.1) is 12.6 Å². The van der Waals surface area contributed by atoms with Gasteiger partial charge in [0, 0.05) is 18.2 Å². The Labute approximate surface area is 147 Å². The maximum Gasteiger partial charge on any atom is 0.254 e. The molecule has 0 fully saturated rings. The maximum absolute atomic E-state index is 12.8. The smallest absolute Gasteiger partial charge is 0.254 e. The molecular weight excluding hydrogens is 316 g/mol. The van der Waals surface area contributed by atoms with Gasteiger partial charge in [0.25, 0.3) is 5.91 Å². The summed E-state index contributed by atoms with van der Waals surface area (Å²) in [4.78, 5) is 26.0. The molecule has 0 aliphatic carbocycles. The van der Waals surface area contributed by atoms with E-state index in [2.05, 4.69) is 5.32 Å². The minimum Gasteiger partial charge on any atom is -0.491 e. The highest BCUT2D eigenvalue weighted by Gasteiger charge is 2.37. The predicted octanol–water partition coefficient (Wildman–Crippen LogP) is 3.20. The van der Waals surface area contributed by atoms with Gasteiger partial charge in [0.2, 0.25) is 5.91 Å². The molecule has 0 radical (unpaired) electrons. The Bertz CT molecular complexity index is 784. The molecular formula is C20H22N2O3. The average Bonchev–Trinajstić information content (AvgIpc) is 2.82. The summed E-state index contributed by atoms with van der Waals surface area (Å²) in [6.07, 6.45) is 0.122. The molecule has 1 aliphatic rings. The molecule has 5 heteroatoms. The van der Waals surface area contributed by atoms with E-state index in [9.17, 15) is 9.59 Å². The van der Waals surface area contributed by atoms with E-state index in [4.69, 9.17) is 4.74 Å². The number of nitrogens with one attached hydrogen (secondary N) is 1. The largest absolute Gasteiger partial charge is 0.491 e. The van der Waals surface area contributed by atoms with Crippen molar-refractivity contribution < 1.29 is 14.3 Å². The molecule has 0 aromatic heterocycles. The molecule has 0 saturated carbocycles. The van der Waals surface area contributed by atoms with Gasteiger partial charge in [-0.05, 0) is 37.6 Å². The topological polar surface area (TPSA) is 58.6 Å². The van der Waals surface area contributed by atoms with E-state index in [0.29, 0.717) is 6.54 Å². The lowest BCUT2D eigenvalue weighted by molar-refractivity contribution is -0.126. The highest BCUT2D eigenvalue weighted by Crippen LogP contribution is 2.36. The number of carbonyl (C=O) groups excluding carboxylic acids is 2. The van der Waals surface area contributed by atoms with Crippen LogP contribution in [0.2, 0.25) is 0 Å². The molecule has 0 saturated heterocycles. The van der Waals surface area contributed by atoms with Crippen molar-refractivity contribution in [3.63, 3.8) is 0 Å². The molecule has 1 aliphatic heterocycles. The summed E-state index contributed by atoms with van der Waals surface area (Å²) < 4.78 is 5.65. The Morgan fingerprint density at radius 1 is 1.16 bits per heavy atom. The quantitative estimate of drug-likeness (QED) is 0.911. The van der Waals surface area contributed by atoms with Gasteiger partial charge in [0.1, 0.15) is 11.8 Å². The van der Waals surface area contributed by atoms with Crippen LogP contribution in [-0.4, -0.2) is 17.9 Å². The van der Waals surface area contributed by atoms with Crippen LogP contribution in [0.1, 0.15) is 37.9 Å². The molecule has 5 nitrogen and oxygen atoms in total. The summed E-state index contributed by atoms with van der Waals surface area (Å²) in [5.74, 6) is 0.479. The number of benzene rings is 2. The maximum atomic E-state index is 12.8. The minimum absolute atomic E-state index is 0.112. The molecule has 2 aromatic carbocycles. The van der Waals surface area contributed by atoms with Gasteiger partial charge in [-0.1, -0.05) is 30.3 Å². The number of nitrogens with zero attached hydrogens (tertiary/aromatic N) is 1. The second-order valence-electron chi connectivity index (χ2n) is 6.43. The Morgan fingerprint density at radius 3 is 2.48 bits per heavy atom. The first-order valence-corrected chi connectivity index (χ1v) is 8.38. The Kier molecular flexibility index (Phi) is 4.74. The first kappa shape index (κ1) is 17.0. The molecule has 1 heterocycles. The van der Waals surface area contributed by atoms with Crippen molar-refractivity contribution in [2.75, 3.05) is 4.90 Å². The first-order chi connectivity index (χ1) is 12.0. The zero-order valence-electron chi connectivity index (χ0n) is 14.7. The normalized spacial score (nSPS) is 16.1. The molecule has 2 amide bonds. The molecule has 3 rings (SSSR count). The van der Waals surface area contributed by atoms with Crippen LogP contribution in [0.3, 0.4) is 0 Å². The van der Waals surface area contributed by atoms with E-state index in [1.165, 1.54) is 6.92 Å². The summed E-state index contributed by atoms with van der Waals surface area (Å²) >= 11 is 0. The zero-order valence-corrected chi connectivity index (χ0v) is 14.7. The highest BCUT2D eigenvalue weighted by atomic mass is 16.5. The summed E-state index contributed by atoms with van der Waals surface area (Å²) in [5.41, 5.74) is 2.68. The number of hydrogen-bond donors (Lipinski definition) is 1. The Balaban J connectivity index is 1.82. The van der Waals surface area contributed by atoms with Crippen LogP contribution in [0.4, 0.5) is 5.69 Å². The highest BCUT2D eigenvalue weighted by molar-refractivity contribution is 6.06. The molecule has 130 valence electrons. The van der Waals surface area contributed by atoms with Crippen LogP contribution < -0.4 is 15.0 Å². The minimum atomic E-state index is -0.614. The number of anilines is 1. The van der Waals surface area contributed by atoms with Crippen molar-refractivity contribution in [2.45, 2.75) is 39.5 Å². The third-order valence-corrected chi connectivity index (χ3v) is 4.03. The number of hydrogen-bond acceptors (Lipinski definition) is 3. The van der Waals surface area contributed by atoms with Crippen molar-refractivity contribution in [2.24, 2.45) is 0 Å². The fourth-order valence-corrected chi connectivity index (χ4v) is 3.02. The Morgan fingerprint density at radius 2 is 1.84 bits per heavy atom. The molecule has 25 heavy (non-hydrogen) atoms. The van der Waals surface area contributed by atoms with Gasteiger partial charge < -0.3 is 15.0 Å². The molecule has 1 N–H and O–H groups in total. The van der Waals surface area contributed by atoms with Crippen LogP contribution in [0.15, 0.2) is 48.5 Å². The SMILES string of the molecule is CC(=O)N[C@H]1C(=O)N(Cc2ccc(OC(C)C)cc2)c2ccccc21. The summed E-state index contributed by atoms with van der Waals surface area (Å²) in [6, 6.07) is 14.7. The molecule has 1 atom stereocenters. The number of fused-ring (bicyclic) bond motifs is 1. The number of ether oxygens (including phenoxy) is 1. The lowest BCUT2D eigenvalue weighted by atomic mass is 10.1. The second-order valence-corrected chi connectivity index (χ2v) is 6.43. The lowest BCUT2D eigenvalue weighted by Gasteiger charge is -2.18. The van der Waals surface area contributed by atoms with Gasteiger partial charge in [0.15, 0.2) is 0 Å². The van der Waals surface area contributed by atoms with Crippen LogP contribution in [0.25, 0.3) is 0 Å². The number of carbonyl (C=O) groups is 2. The Hall–Kier alpha value is -2.82. The lowest BCUT2D eigenvalue weighted by Crippen LogP contribution is -2.36. The van der Waals surface area contributed by atoms with Crippen molar-refractivity contribution in [3.05, 3.63) is 59.7 Å². The zero-order chi connectivity index (χ0) is 18.0. The summed E-state index contributed by atoms with van der Waals surface area (Å²) in [6.45, 7) is 5.84. The van der Waals surface area contributed by atoms with E-state index in [0.717, 1.165) is 22.6 Å². The van der Waals surface area contributed by atoms with E-state index in [-0.39, 0.29) is 17.9 Å². The van der Waals surface area contributed by atoms with Crippen molar-refractivity contribution in [1.29, 1.82) is 0 Å². The molecule has 2 aromatic rings. The molecule has 0 unspecified atom stereocenters. The van der Waals surface area contributed by atoms with E-state index in [1.54, 1.807) is 4.90 Å². The van der Waals surface area contributed by atoms with Gasteiger partial charge in [-0.25, -0.2) is 0 Å². The standard InChI is InChI=1S/C20H22N2O3/c1-13(2)25-16-10-8-15(9-11-16)12-22-18-7-5-4-6-17(18)19(20(22)24)21-14(3)23/h4-11,13,19H,12H2,1-3H3,(H,21,23)/t19-/m1/s1. The molecule has 0 bridgehead atoms. The van der Waals surface area contributed by atoms with Gasteiger partial charge in [-0.15, -0.1) is 0 Å². The van der Waals surface area contributed by atoms with Crippen molar-refractivity contribution >= 4 is 17.5 Å². The average molecular weight is 338 g/mol. The van der Waals surface area contributed by atoms with Gasteiger partial charge in [-0.2, -0.15) is 0 Å². The summed E-state index contributed by atoms with van der Waals surface area (Å²) in [5, 5.41) is 2.74. The fourth-order valence-electron chi connectivity index (χ4n) is 3.02. The van der Waals surface area contributed by atoms with Gasteiger partial charge >= 0.3 is 0 Å². The van der Waals surface area contributed by atoms with Crippen LogP contribution in [0, 0.1) is 0 Å². The van der Waals surface area contributed by atoms with Gasteiger partial charge in [-0.3, -0.25) is 9.59 Å². The third-order valence-electron chi connectivity index (χ3n) is 4.03. The monoisotopic (exact) mass is 338 g/mol. The van der Waals surface area contributed by atoms with E-state index >= 15 is 0 Å². The first-order valence-electron chi connectivity index (χ1n) is 8.38. The number of rotatable bonds is 5. The third kappa shape index (κ3) is 3.65. The second kappa shape index (κ2) is 6.97. The van der Waals surface area contributed by atoms with Crippen LogP contribution in [-0.2, 0) is 16.1 Å². The predicted molar refractivity (Wildman–Crippen MR) is 96.4 cm³/mol. The molecule has 0 spiro atoms. The number of para-hydroxylation sites is 1. The van der Waals surface area contributed by atoms with Crippen molar-refractivity contribution in [1.82, 2.24) is 5.32 Å². The van der Waals surface area contributed by atoms with Crippen LogP contribution in [0.5, 0.6) is 5.75 Å². The van der Waals surface area contributed by atoms with E-state index < -0.39 is 6.04 Å². The van der Waals surface area contributed by atoms with Crippen LogP contribution >= 0.6 is 0 Å². The fraction of sp³-hybridized carbons (Fsp3) is 0.300. The summed E-state index contributed by atoms with van der Waals surface area (Å²) in [7, 11) is 0. The van der Waals surface area contributed by atoms with Crippen molar-refractivity contribution in [3.8, 4) is 5.75 Å². The van der Waals surface area contributed by atoms with E-state index in [1.807, 2.05) is 62.4 Å².